The minimum absolute atomic E-state index is 0.224. The molecule has 0 aliphatic rings. The first kappa shape index (κ1) is 18.6. The lowest BCUT2D eigenvalue weighted by Crippen LogP contribution is -2.31. The number of nitriles is 1. The van der Waals surface area contributed by atoms with Gasteiger partial charge >= 0.3 is 0 Å². The molecule has 2 heterocycles. The standard InChI is InChI=1S/C32H22FN2O/c1-20-11-13-26-28-16-21(18-34)15-27(24-10-6-9-23(17-24)22-7-4-3-5-8-22)31(28)36-32(26)30(20)29-14-12-25(33)19-35(29)2/h3-17,19H,1-2H3/q+1/i12D,14D,19D. The molecule has 172 valence electrons. The van der Waals surface area contributed by atoms with Crippen molar-refractivity contribution in [3.63, 3.8) is 0 Å². The van der Waals surface area contributed by atoms with Gasteiger partial charge in [0.25, 0.3) is 0 Å². The first-order valence-electron chi connectivity index (χ1n) is 13.0. The minimum atomic E-state index is -1.04. The molecule has 6 aromatic rings. The summed E-state index contributed by atoms with van der Waals surface area (Å²) in [5.41, 5.74) is 6.72. The molecular formula is C32H22FN2O+. The van der Waals surface area contributed by atoms with Gasteiger partial charge in [-0.1, -0.05) is 60.7 Å². The lowest BCUT2D eigenvalue weighted by Gasteiger charge is -2.07. The molecule has 2 aromatic heterocycles. The van der Waals surface area contributed by atoms with Gasteiger partial charge in [0.15, 0.2) is 5.82 Å². The van der Waals surface area contributed by atoms with E-state index in [0.717, 1.165) is 38.6 Å². The van der Waals surface area contributed by atoms with E-state index in [4.69, 9.17) is 8.53 Å². The van der Waals surface area contributed by atoms with Crippen LogP contribution in [0.5, 0.6) is 0 Å². The number of rotatable bonds is 3. The molecular weight excluding hydrogens is 447 g/mol. The largest absolute Gasteiger partial charge is 0.454 e. The number of fused-ring (bicyclic) bond motifs is 3. The topological polar surface area (TPSA) is 40.8 Å². The summed E-state index contributed by atoms with van der Waals surface area (Å²) >= 11 is 0. The highest BCUT2D eigenvalue weighted by molar-refractivity contribution is 6.13. The van der Waals surface area contributed by atoms with Crippen LogP contribution in [-0.2, 0) is 7.05 Å². The van der Waals surface area contributed by atoms with E-state index in [-0.39, 0.29) is 11.7 Å². The van der Waals surface area contributed by atoms with Crippen LogP contribution in [0.2, 0.25) is 0 Å². The zero-order valence-electron chi connectivity index (χ0n) is 22.7. The zero-order chi connectivity index (χ0) is 27.4. The van der Waals surface area contributed by atoms with Gasteiger partial charge in [0.05, 0.1) is 19.9 Å². The van der Waals surface area contributed by atoms with Gasteiger partial charge in [0.1, 0.15) is 19.6 Å². The molecule has 4 heteroatoms. The van der Waals surface area contributed by atoms with Crippen LogP contribution in [0.3, 0.4) is 0 Å². The van der Waals surface area contributed by atoms with E-state index >= 15 is 0 Å². The molecule has 0 aliphatic heterocycles. The van der Waals surface area contributed by atoms with Crippen LogP contribution < -0.4 is 4.57 Å². The van der Waals surface area contributed by atoms with E-state index in [1.807, 2.05) is 67.6 Å². The normalized spacial score (nSPS) is 12.3. The van der Waals surface area contributed by atoms with Gasteiger partial charge in [-0.3, -0.25) is 0 Å². The Balaban J connectivity index is 1.69. The maximum absolute atomic E-state index is 14.4. The molecule has 0 N–H and O–H groups in total. The second kappa shape index (κ2) is 8.48. The molecule has 0 fully saturated rings. The quantitative estimate of drug-likeness (QED) is 0.247. The molecule has 0 saturated heterocycles. The van der Waals surface area contributed by atoms with Crippen molar-refractivity contribution in [1.29, 1.82) is 5.26 Å². The molecule has 0 amide bonds. The number of nitrogens with zero attached hydrogens (tertiary/aromatic N) is 2. The molecule has 0 aliphatic carbocycles. The summed E-state index contributed by atoms with van der Waals surface area (Å²) in [7, 11) is 1.51. The number of pyridine rings is 1. The van der Waals surface area contributed by atoms with Crippen molar-refractivity contribution in [1.82, 2.24) is 0 Å². The molecule has 0 atom stereocenters. The van der Waals surface area contributed by atoms with Gasteiger partial charge in [-0.2, -0.15) is 9.83 Å². The first-order chi connectivity index (χ1) is 18.8. The average Bonchev–Trinajstić information content (AvgIpc) is 3.34. The Morgan fingerprint density at radius 3 is 2.44 bits per heavy atom. The summed E-state index contributed by atoms with van der Waals surface area (Å²) in [6, 6.07) is 26.7. The maximum atomic E-state index is 14.4. The Hall–Kier alpha value is -4.75. The van der Waals surface area contributed by atoms with Crippen molar-refractivity contribution in [2.75, 3.05) is 0 Å². The van der Waals surface area contributed by atoms with Crippen molar-refractivity contribution < 1.29 is 17.5 Å². The molecule has 3 nitrogen and oxygen atoms in total. The Morgan fingerprint density at radius 1 is 0.861 bits per heavy atom. The number of hydrogen-bond acceptors (Lipinski definition) is 2. The van der Waals surface area contributed by atoms with E-state index in [2.05, 4.69) is 12.1 Å². The highest BCUT2D eigenvalue weighted by Crippen LogP contribution is 2.41. The highest BCUT2D eigenvalue weighted by Gasteiger charge is 2.23. The summed E-state index contributed by atoms with van der Waals surface area (Å²) in [6.07, 6.45) is -0.483. The third kappa shape index (κ3) is 3.54. The van der Waals surface area contributed by atoms with Crippen molar-refractivity contribution in [3.05, 3.63) is 114 Å². The van der Waals surface area contributed by atoms with E-state index in [9.17, 15) is 9.65 Å². The number of hydrogen-bond donors (Lipinski definition) is 0. The van der Waals surface area contributed by atoms with Gasteiger partial charge in [0, 0.05) is 22.4 Å². The Bertz CT molecular complexity index is 1960. The second-order valence-corrected chi connectivity index (χ2v) is 8.78. The molecule has 0 radical (unpaired) electrons. The van der Waals surface area contributed by atoms with Crippen LogP contribution in [0.4, 0.5) is 4.39 Å². The first-order valence-corrected chi connectivity index (χ1v) is 11.5. The predicted octanol–water partition coefficient (Wildman–Crippen LogP) is 7.73. The lowest BCUT2D eigenvalue weighted by molar-refractivity contribution is -0.661. The van der Waals surface area contributed by atoms with Crippen LogP contribution >= 0.6 is 0 Å². The van der Waals surface area contributed by atoms with Crippen molar-refractivity contribution >= 4 is 21.9 Å². The third-order valence-corrected chi connectivity index (χ3v) is 6.49. The van der Waals surface area contributed by atoms with Crippen LogP contribution in [0, 0.1) is 24.1 Å². The van der Waals surface area contributed by atoms with Gasteiger partial charge in [0.2, 0.25) is 11.9 Å². The van der Waals surface area contributed by atoms with Gasteiger partial charge in [-0.25, -0.2) is 4.39 Å². The van der Waals surface area contributed by atoms with Crippen LogP contribution in [0.15, 0.2) is 102 Å². The molecule has 0 bridgehead atoms. The molecule has 0 unspecified atom stereocenters. The van der Waals surface area contributed by atoms with Gasteiger partial charge in [-0.05, 0) is 53.4 Å². The minimum Gasteiger partial charge on any atom is -0.454 e. The summed E-state index contributed by atoms with van der Waals surface area (Å²) in [5.74, 6) is -1.04. The highest BCUT2D eigenvalue weighted by atomic mass is 19.1. The number of aromatic nitrogens is 1. The van der Waals surface area contributed by atoms with Crippen molar-refractivity contribution in [3.8, 4) is 39.6 Å². The molecule has 6 rings (SSSR count). The molecule has 4 aromatic carbocycles. The summed E-state index contributed by atoms with van der Waals surface area (Å²) in [6.45, 7) is 1.85. The predicted molar refractivity (Wildman–Crippen MR) is 141 cm³/mol. The fourth-order valence-corrected chi connectivity index (χ4v) is 4.77. The van der Waals surface area contributed by atoms with E-state index in [0.29, 0.717) is 22.3 Å². The van der Waals surface area contributed by atoms with Crippen LogP contribution in [0.25, 0.3) is 55.4 Å². The fraction of sp³-hybridized carbons (Fsp3) is 0.0625. The molecule has 36 heavy (non-hydrogen) atoms. The number of benzene rings is 4. The van der Waals surface area contributed by atoms with E-state index < -0.39 is 18.0 Å². The Labute approximate surface area is 212 Å². The second-order valence-electron chi connectivity index (χ2n) is 8.78. The number of furan rings is 1. The molecule has 0 saturated carbocycles. The number of halogens is 1. The third-order valence-electron chi connectivity index (χ3n) is 6.49. The lowest BCUT2D eigenvalue weighted by atomic mass is 9.95. The monoisotopic (exact) mass is 472 g/mol. The SMILES string of the molecule is [2H]c1c([2H])c(-c2c(C)ccc3c2oc2c(-c4cccc(-c5ccccc5)c4)cc(C#N)cc23)[n+](C)c([2H])c1F. The Morgan fingerprint density at radius 2 is 1.64 bits per heavy atom. The summed E-state index contributed by atoms with van der Waals surface area (Å²) in [4.78, 5) is 0. The Kier molecular flexibility index (Phi) is 4.37. The van der Waals surface area contributed by atoms with Crippen LogP contribution in [-0.4, -0.2) is 0 Å². The average molecular weight is 473 g/mol. The van der Waals surface area contributed by atoms with E-state index in [1.54, 1.807) is 12.1 Å². The van der Waals surface area contributed by atoms with Gasteiger partial charge < -0.3 is 4.42 Å². The summed E-state index contributed by atoms with van der Waals surface area (Å²) in [5, 5.41) is 11.3. The zero-order valence-corrected chi connectivity index (χ0v) is 19.7. The summed E-state index contributed by atoms with van der Waals surface area (Å²) < 4.78 is 47.1. The number of aryl methyl sites for hydroxylation is 1. The maximum Gasteiger partial charge on any atom is 0.216 e. The fourth-order valence-electron chi connectivity index (χ4n) is 4.77. The smallest absolute Gasteiger partial charge is 0.216 e. The van der Waals surface area contributed by atoms with Crippen LogP contribution in [0.1, 0.15) is 15.2 Å². The van der Waals surface area contributed by atoms with Gasteiger partial charge in [-0.15, -0.1) is 0 Å². The van der Waals surface area contributed by atoms with Crippen molar-refractivity contribution in [2.24, 2.45) is 7.05 Å². The van der Waals surface area contributed by atoms with E-state index in [1.165, 1.54) is 11.6 Å². The van der Waals surface area contributed by atoms with Crippen molar-refractivity contribution in [2.45, 2.75) is 6.92 Å². The molecule has 0 spiro atoms.